The van der Waals surface area contributed by atoms with Crippen molar-refractivity contribution in [2.24, 2.45) is 5.92 Å². The van der Waals surface area contributed by atoms with Crippen LogP contribution < -0.4 is 0 Å². The van der Waals surface area contributed by atoms with Gasteiger partial charge in [-0.2, -0.15) is 0 Å². The third kappa shape index (κ3) is 1.16. The molecule has 0 aromatic heterocycles. The maximum absolute atomic E-state index is 9.58. The van der Waals surface area contributed by atoms with Gasteiger partial charge in [0.1, 0.15) is 0 Å². The molecule has 1 aliphatic rings. The van der Waals surface area contributed by atoms with Gasteiger partial charge in [0.15, 0.2) is 0 Å². The van der Waals surface area contributed by atoms with Gasteiger partial charge < -0.3 is 5.11 Å². The monoisotopic (exact) mass is 126 g/mol. The predicted molar refractivity (Wildman–Crippen MR) is 38.2 cm³/mol. The molecule has 0 heterocycles. The van der Waals surface area contributed by atoms with Crippen LogP contribution in [0.1, 0.15) is 26.2 Å². The molecule has 52 valence electrons. The SMILES string of the molecule is C=C[C@@H]1CCC[C@]1(C)O. The summed E-state index contributed by atoms with van der Waals surface area (Å²) in [7, 11) is 0. The Balaban J connectivity index is 2.62. The molecule has 0 aromatic carbocycles. The Morgan fingerprint density at radius 3 is 2.67 bits per heavy atom. The summed E-state index contributed by atoms with van der Waals surface area (Å²) in [5.41, 5.74) is -0.457. The van der Waals surface area contributed by atoms with Crippen LogP contribution >= 0.6 is 0 Å². The normalized spacial score (nSPS) is 43.1. The van der Waals surface area contributed by atoms with Crippen LogP contribution in [0, 0.1) is 5.92 Å². The molecule has 1 N–H and O–H groups in total. The standard InChI is InChI=1S/C8H14O/c1-3-7-5-4-6-8(7,2)9/h3,7,9H,1,4-6H2,2H3/t7-,8+/m1/s1. The number of hydrogen-bond acceptors (Lipinski definition) is 1. The summed E-state index contributed by atoms with van der Waals surface area (Å²) in [6.45, 7) is 5.57. The lowest BCUT2D eigenvalue weighted by Crippen LogP contribution is -2.26. The highest BCUT2D eigenvalue weighted by Gasteiger charge is 2.34. The van der Waals surface area contributed by atoms with E-state index in [1.165, 1.54) is 0 Å². The number of hydrogen-bond donors (Lipinski definition) is 1. The molecule has 1 aliphatic carbocycles. The van der Waals surface area contributed by atoms with Crippen molar-refractivity contribution in [2.75, 3.05) is 0 Å². The van der Waals surface area contributed by atoms with E-state index in [1.54, 1.807) is 0 Å². The molecule has 1 rings (SSSR count). The minimum atomic E-state index is -0.457. The summed E-state index contributed by atoms with van der Waals surface area (Å²) in [5, 5.41) is 9.58. The van der Waals surface area contributed by atoms with Crippen LogP contribution in [0.2, 0.25) is 0 Å². The van der Waals surface area contributed by atoms with Crippen LogP contribution in [0.4, 0.5) is 0 Å². The first kappa shape index (κ1) is 6.81. The van der Waals surface area contributed by atoms with Gasteiger partial charge in [-0.05, 0) is 26.2 Å². The molecule has 1 nitrogen and oxygen atoms in total. The molecule has 1 heteroatoms. The summed E-state index contributed by atoms with van der Waals surface area (Å²) >= 11 is 0. The van der Waals surface area contributed by atoms with E-state index in [0.29, 0.717) is 5.92 Å². The van der Waals surface area contributed by atoms with E-state index < -0.39 is 5.60 Å². The Bertz CT molecular complexity index is 116. The lowest BCUT2D eigenvalue weighted by Gasteiger charge is -2.21. The van der Waals surface area contributed by atoms with Crippen LogP contribution in [0.5, 0.6) is 0 Å². The van der Waals surface area contributed by atoms with Gasteiger partial charge in [-0.1, -0.05) is 6.08 Å². The maximum atomic E-state index is 9.58. The first-order chi connectivity index (χ1) is 4.17. The second kappa shape index (κ2) is 2.14. The second-order valence-corrected chi connectivity index (χ2v) is 3.09. The van der Waals surface area contributed by atoms with Crippen molar-refractivity contribution in [2.45, 2.75) is 31.8 Å². The summed E-state index contributed by atoms with van der Waals surface area (Å²) in [6, 6.07) is 0. The maximum Gasteiger partial charge on any atom is 0.0682 e. The van der Waals surface area contributed by atoms with Gasteiger partial charge in [-0.25, -0.2) is 0 Å². The first-order valence-corrected chi connectivity index (χ1v) is 3.52. The molecule has 0 bridgehead atoms. The third-order valence-corrected chi connectivity index (χ3v) is 2.28. The topological polar surface area (TPSA) is 20.2 Å². The smallest absolute Gasteiger partial charge is 0.0682 e. The molecular weight excluding hydrogens is 112 g/mol. The molecule has 1 saturated carbocycles. The van der Waals surface area contributed by atoms with Crippen molar-refractivity contribution in [1.82, 2.24) is 0 Å². The highest BCUT2D eigenvalue weighted by molar-refractivity contribution is 4.97. The fourth-order valence-electron chi connectivity index (χ4n) is 1.55. The summed E-state index contributed by atoms with van der Waals surface area (Å²) in [4.78, 5) is 0. The van der Waals surface area contributed by atoms with Crippen LogP contribution in [0.15, 0.2) is 12.7 Å². The van der Waals surface area contributed by atoms with Crippen LogP contribution in [-0.4, -0.2) is 10.7 Å². The van der Waals surface area contributed by atoms with Crippen LogP contribution in [-0.2, 0) is 0 Å². The van der Waals surface area contributed by atoms with Crippen LogP contribution in [0.3, 0.4) is 0 Å². The van der Waals surface area contributed by atoms with E-state index in [2.05, 4.69) is 6.58 Å². The summed E-state index contributed by atoms with van der Waals surface area (Å²) in [5.74, 6) is 0.331. The van der Waals surface area contributed by atoms with Gasteiger partial charge in [0.2, 0.25) is 0 Å². The molecule has 0 unspecified atom stereocenters. The van der Waals surface area contributed by atoms with Crippen molar-refractivity contribution in [3.8, 4) is 0 Å². The Morgan fingerprint density at radius 1 is 1.78 bits per heavy atom. The molecular formula is C8H14O. The molecule has 0 radical (unpaired) electrons. The van der Waals surface area contributed by atoms with E-state index in [9.17, 15) is 5.11 Å². The van der Waals surface area contributed by atoms with E-state index in [1.807, 2.05) is 13.0 Å². The minimum absolute atomic E-state index is 0.331. The Kier molecular flexibility index (Phi) is 1.62. The van der Waals surface area contributed by atoms with E-state index in [4.69, 9.17) is 0 Å². The van der Waals surface area contributed by atoms with Crippen molar-refractivity contribution in [1.29, 1.82) is 0 Å². The fourth-order valence-corrected chi connectivity index (χ4v) is 1.55. The lowest BCUT2D eigenvalue weighted by molar-refractivity contribution is 0.0390. The molecule has 9 heavy (non-hydrogen) atoms. The third-order valence-electron chi connectivity index (χ3n) is 2.28. The Morgan fingerprint density at radius 2 is 2.44 bits per heavy atom. The highest BCUT2D eigenvalue weighted by Crippen LogP contribution is 2.35. The zero-order chi connectivity index (χ0) is 6.91. The quantitative estimate of drug-likeness (QED) is 0.530. The average molecular weight is 126 g/mol. The number of aliphatic hydroxyl groups is 1. The van der Waals surface area contributed by atoms with Crippen molar-refractivity contribution in [3.05, 3.63) is 12.7 Å². The molecule has 1 fully saturated rings. The second-order valence-electron chi connectivity index (χ2n) is 3.09. The van der Waals surface area contributed by atoms with Crippen molar-refractivity contribution < 1.29 is 5.11 Å². The van der Waals surface area contributed by atoms with E-state index in [0.717, 1.165) is 19.3 Å². The van der Waals surface area contributed by atoms with Gasteiger partial charge in [0.25, 0.3) is 0 Å². The molecule has 0 aliphatic heterocycles. The largest absolute Gasteiger partial charge is 0.390 e. The van der Waals surface area contributed by atoms with Gasteiger partial charge in [-0.3, -0.25) is 0 Å². The molecule has 0 aromatic rings. The Hall–Kier alpha value is -0.300. The summed E-state index contributed by atoms with van der Waals surface area (Å²) in [6.07, 6.45) is 5.05. The summed E-state index contributed by atoms with van der Waals surface area (Å²) < 4.78 is 0. The minimum Gasteiger partial charge on any atom is -0.390 e. The number of rotatable bonds is 1. The van der Waals surface area contributed by atoms with Gasteiger partial charge in [-0.15, -0.1) is 6.58 Å². The molecule has 0 amide bonds. The zero-order valence-corrected chi connectivity index (χ0v) is 5.93. The van der Waals surface area contributed by atoms with Crippen LogP contribution in [0.25, 0.3) is 0 Å². The van der Waals surface area contributed by atoms with E-state index >= 15 is 0 Å². The zero-order valence-electron chi connectivity index (χ0n) is 5.93. The molecule has 0 spiro atoms. The first-order valence-electron chi connectivity index (χ1n) is 3.52. The van der Waals surface area contributed by atoms with Gasteiger partial charge in [0, 0.05) is 5.92 Å². The van der Waals surface area contributed by atoms with Gasteiger partial charge >= 0.3 is 0 Å². The fraction of sp³-hybridized carbons (Fsp3) is 0.750. The van der Waals surface area contributed by atoms with Crippen molar-refractivity contribution >= 4 is 0 Å². The van der Waals surface area contributed by atoms with Crippen molar-refractivity contribution in [3.63, 3.8) is 0 Å². The average Bonchev–Trinajstić information content (AvgIpc) is 2.08. The van der Waals surface area contributed by atoms with E-state index in [-0.39, 0.29) is 0 Å². The highest BCUT2D eigenvalue weighted by atomic mass is 16.3. The Labute approximate surface area is 56.4 Å². The van der Waals surface area contributed by atoms with Gasteiger partial charge in [0.05, 0.1) is 5.60 Å². The predicted octanol–water partition coefficient (Wildman–Crippen LogP) is 1.72. The molecule has 2 atom stereocenters. The molecule has 0 saturated heterocycles. The lowest BCUT2D eigenvalue weighted by atomic mass is 9.93.